The molecule has 2 nitrogen and oxygen atoms in total. The molecule has 1 atom stereocenters. The Bertz CT molecular complexity index is 455. The number of hydrogen-bond acceptors (Lipinski definition) is 2. The second kappa shape index (κ2) is 6.04. The molecule has 0 radical (unpaired) electrons. The summed E-state index contributed by atoms with van der Waals surface area (Å²) in [7, 11) is 0. The van der Waals surface area contributed by atoms with Crippen molar-refractivity contribution in [1.82, 2.24) is 5.32 Å². The molecule has 0 aliphatic carbocycles. The largest absolute Gasteiger partial charge is 0.416 e. The lowest BCUT2D eigenvalue weighted by Gasteiger charge is -2.36. The molecule has 1 aromatic carbocycles. The average molecular weight is 286 g/mol. The summed E-state index contributed by atoms with van der Waals surface area (Å²) in [5.41, 5.74) is 1.04. The number of rotatable bonds is 3. The fraction of sp³-hybridized carbons (Fsp3) is 0.600. The highest BCUT2D eigenvalue weighted by molar-refractivity contribution is 5.56. The number of halogens is 3. The number of hydrogen-bond donors (Lipinski definition) is 1. The second-order valence-electron chi connectivity index (χ2n) is 5.38. The number of aryl methyl sites for hydroxylation is 1. The van der Waals surface area contributed by atoms with Crippen molar-refractivity contribution >= 4 is 5.69 Å². The molecule has 20 heavy (non-hydrogen) atoms. The van der Waals surface area contributed by atoms with Gasteiger partial charge in [-0.25, -0.2) is 0 Å². The molecule has 0 aromatic heterocycles. The van der Waals surface area contributed by atoms with Crippen molar-refractivity contribution in [2.75, 3.05) is 24.5 Å². The van der Waals surface area contributed by atoms with Crippen LogP contribution in [0.25, 0.3) is 0 Å². The van der Waals surface area contributed by atoms with Gasteiger partial charge in [-0.3, -0.25) is 0 Å². The summed E-state index contributed by atoms with van der Waals surface area (Å²) in [6.07, 6.45) is -2.15. The van der Waals surface area contributed by atoms with Gasteiger partial charge in [-0.2, -0.15) is 13.2 Å². The molecular formula is C15H21F3N2. The van der Waals surface area contributed by atoms with Crippen LogP contribution < -0.4 is 10.2 Å². The zero-order chi connectivity index (χ0) is 14.8. The predicted molar refractivity (Wildman–Crippen MR) is 75.1 cm³/mol. The average Bonchev–Trinajstić information content (AvgIpc) is 2.38. The van der Waals surface area contributed by atoms with E-state index in [0.29, 0.717) is 11.7 Å². The highest BCUT2D eigenvalue weighted by Crippen LogP contribution is 2.33. The standard InChI is InChI=1S/C15H21F3N2/c1-3-4-13-10-20(8-7-19-13)14-9-12(15(16,17)18)6-5-11(14)2/h5-6,9,13,19H,3-4,7-8,10H2,1-2H3. The highest BCUT2D eigenvalue weighted by Gasteiger charge is 2.31. The van der Waals surface area contributed by atoms with Crippen molar-refractivity contribution in [2.45, 2.75) is 38.9 Å². The Hall–Kier alpha value is -1.23. The molecular weight excluding hydrogens is 265 g/mol. The van der Waals surface area contributed by atoms with Crippen molar-refractivity contribution in [3.8, 4) is 0 Å². The Labute approximate surface area is 118 Å². The summed E-state index contributed by atoms with van der Waals surface area (Å²) in [6.45, 7) is 6.33. The monoisotopic (exact) mass is 286 g/mol. The third kappa shape index (κ3) is 3.45. The molecule has 0 saturated carbocycles. The van der Waals surface area contributed by atoms with E-state index < -0.39 is 11.7 Å². The lowest BCUT2D eigenvalue weighted by molar-refractivity contribution is -0.137. The highest BCUT2D eigenvalue weighted by atomic mass is 19.4. The van der Waals surface area contributed by atoms with Gasteiger partial charge in [-0.1, -0.05) is 19.4 Å². The van der Waals surface area contributed by atoms with E-state index in [1.165, 1.54) is 6.07 Å². The van der Waals surface area contributed by atoms with Gasteiger partial charge in [0, 0.05) is 31.4 Å². The fourth-order valence-corrected chi connectivity index (χ4v) is 2.71. The summed E-state index contributed by atoms with van der Waals surface area (Å²) in [5, 5.41) is 3.42. The third-order valence-electron chi connectivity index (χ3n) is 3.77. The summed E-state index contributed by atoms with van der Waals surface area (Å²) in [6, 6.07) is 4.37. The van der Waals surface area contributed by atoms with Crippen LogP contribution in [-0.2, 0) is 6.18 Å². The lowest BCUT2D eigenvalue weighted by Crippen LogP contribution is -2.50. The first-order chi connectivity index (χ1) is 9.41. The Kier molecular flexibility index (Phi) is 4.58. The van der Waals surface area contributed by atoms with Crippen LogP contribution in [-0.4, -0.2) is 25.7 Å². The van der Waals surface area contributed by atoms with E-state index in [9.17, 15) is 13.2 Å². The minimum absolute atomic E-state index is 0.364. The van der Waals surface area contributed by atoms with Crippen molar-refractivity contribution in [3.05, 3.63) is 29.3 Å². The van der Waals surface area contributed by atoms with Gasteiger partial charge >= 0.3 is 6.18 Å². The van der Waals surface area contributed by atoms with Crippen LogP contribution in [0.15, 0.2) is 18.2 Å². The maximum Gasteiger partial charge on any atom is 0.416 e. The van der Waals surface area contributed by atoms with Gasteiger partial charge in [0.2, 0.25) is 0 Å². The fourth-order valence-electron chi connectivity index (χ4n) is 2.71. The molecule has 1 aliphatic heterocycles. The summed E-state index contributed by atoms with van der Waals surface area (Å²) >= 11 is 0. The number of alkyl halides is 3. The zero-order valence-corrected chi connectivity index (χ0v) is 11.9. The summed E-state index contributed by atoms with van der Waals surface area (Å²) < 4.78 is 38.5. The first-order valence-corrected chi connectivity index (χ1v) is 7.08. The topological polar surface area (TPSA) is 15.3 Å². The van der Waals surface area contributed by atoms with E-state index in [-0.39, 0.29) is 0 Å². The van der Waals surface area contributed by atoms with E-state index in [1.54, 1.807) is 6.07 Å². The van der Waals surface area contributed by atoms with Crippen molar-refractivity contribution in [2.24, 2.45) is 0 Å². The molecule has 112 valence electrons. The first-order valence-electron chi connectivity index (χ1n) is 7.08. The minimum Gasteiger partial charge on any atom is -0.368 e. The molecule has 1 heterocycles. The summed E-state index contributed by atoms with van der Waals surface area (Å²) in [5.74, 6) is 0. The Balaban J connectivity index is 2.22. The van der Waals surface area contributed by atoms with Crippen molar-refractivity contribution in [3.63, 3.8) is 0 Å². The number of nitrogens with one attached hydrogen (secondary N) is 1. The Morgan fingerprint density at radius 3 is 2.75 bits per heavy atom. The zero-order valence-electron chi connectivity index (χ0n) is 11.9. The maximum atomic E-state index is 12.8. The number of anilines is 1. The normalized spacial score (nSPS) is 20.2. The molecule has 1 saturated heterocycles. The van der Waals surface area contributed by atoms with Crippen LogP contribution in [0.1, 0.15) is 30.9 Å². The molecule has 2 rings (SSSR count). The van der Waals surface area contributed by atoms with Crippen molar-refractivity contribution in [1.29, 1.82) is 0 Å². The molecule has 1 unspecified atom stereocenters. The SMILES string of the molecule is CCCC1CN(c2cc(C(F)(F)F)ccc2C)CCN1. The van der Waals surface area contributed by atoms with E-state index in [1.807, 2.05) is 6.92 Å². The number of piperazine rings is 1. The van der Waals surface area contributed by atoms with Gasteiger partial charge in [-0.05, 0) is 31.0 Å². The first kappa shape index (κ1) is 15.2. The Morgan fingerprint density at radius 1 is 1.35 bits per heavy atom. The van der Waals surface area contributed by atoms with E-state index in [4.69, 9.17) is 0 Å². The van der Waals surface area contributed by atoms with Gasteiger partial charge in [0.25, 0.3) is 0 Å². The van der Waals surface area contributed by atoms with Crippen LogP contribution in [0, 0.1) is 6.92 Å². The summed E-state index contributed by atoms with van der Waals surface area (Å²) in [4.78, 5) is 2.07. The quantitative estimate of drug-likeness (QED) is 0.913. The molecule has 0 bridgehead atoms. The van der Waals surface area contributed by atoms with Gasteiger partial charge in [0.15, 0.2) is 0 Å². The van der Waals surface area contributed by atoms with Gasteiger partial charge in [0.05, 0.1) is 5.56 Å². The number of nitrogens with zero attached hydrogens (tertiary/aromatic N) is 1. The van der Waals surface area contributed by atoms with Gasteiger partial charge < -0.3 is 10.2 Å². The van der Waals surface area contributed by atoms with Crippen LogP contribution >= 0.6 is 0 Å². The van der Waals surface area contributed by atoms with Crippen LogP contribution in [0.5, 0.6) is 0 Å². The molecule has 1 aliphatic rings. The van der Waals surface area contributed by atoms with Crippen LogP contribution in [0.2, 0.25) is 0 Å². The van der Waals surface area contributed by atoms with Crippen LogP contribution in [0.3, 0.4) is 0 Å². The third-order valence-corrected chi connectivity index (χ3v) is 3.77. The maximum absolute atomic E-state index is 12.8. The molecule has 1 aromatic rings. The second-order valence-corrected chi connectivity index (χ2v) is 5.38. The van der Waals surface area contributed by atoms with E-state index in [0.717, 1.165) is 44.1 Å². The molecule has 0 spiro atoms. The molecule has 5 heteroatoms. The Morgan fingerprint density at radius 2 is 2.10 bits per heavy atom. The number of benzene rings is 1. The predicted octanol–water partition coefficient (Wildman–Crippen LogP) is 3.59. The minimum atomic E-state index is -4.28. The lowest BCUT2D eigenvalue weighted by atomic mass is 10.0. The smallest absolute Gasteiger partial charge is 0.368 e. The van der Waals surface area contributed by atoms with Gasteiger partial charge in [-0.15, -0.1) is 0 Å². The van der Waals surface area contributed by atoms with Crippen molar-refractivity contribution < 1.29 is 13.2 Å². The van der Waals surface area contributed by atoms with Gasteiger partial charge in [0.1, 0.15) is 0 Å². The molecule has 1 N–H and O–H groups in total. The van der Waals surface area contributed by atoms with E-state index in [2.05, 4.69) is 17.1 Å². The van der Waals surface area contributed by atoms with E-state index >= 15 is 0 Å². The molecule has 0 amide bonds. The molecule has 1 fully saturated rings. The van der Waals surface area contributed by atoms with Crippen LogP contribution in [0.4, 0.5) is 18.9 Å².